The molecule has 2 rings (SSSR count). The molecule has 1 aliphatic rings. The lowest BCUT2D eigenvalue weighted by atomic mass is 10.0. The molecule has 1 heterocycles. The Hall–Kier alpha value is -3.81. The molecule has 0 radical (unpaired) electrons. The molecule has 244 valence electrons. The number of aliphatic carboxylic acids is 1. The minimum Gasteiger partial charge on any atom is -0.479 e. The third-order valence-electron chi connectivity index (χ3n) is 6.93. The van der Waals surface area contributed by atoms with E-state index in [4.69, 9.17) is 14.2 Å². The summed E-state index contributed by atoms with van der Waals surface area (Å²) in [6, 6.07) is 5.37. The number of rotatable bonds is 17. The Morgan fingerprint density at radius 2 is 1.82 bits per heavy atom. The molecule has 3 unspecified atom stereocenters. The van der Waals surface area contributed by atoms with Crippen LogP contribution in [0.25, 0.3) is 0 Å². The number of ether oxygens (including phenoxy) is 3. The molecule has 2 amide bonds. The van der Waals surface area contributed by atoms with Crippen LogP contribution in [0.4, 0.5) is 0 Å². The van der Waals surface area contributed by atoms with Crippen molar-refractivity contribution in [3.8, 4) is 5.75 Å². The predicted molar refractivity (Wildman–Crippen MR) is 159 cm³/mol. The molecule has 0 bridgehead atoms. The van der Waals surface area contributed by atoms with E-state index in [1.165, 1.54) is 18.9 Å². The Balaban J connectivity index is 2.14. The summed E-state index contributed by atoms with van der Waals surface area (Å²) >= 11 is 0. The van der Waals surface area contributed by atoms with Crippen LogP contribution in [0.3, 0.4) is 0 Å². The highest BCUT2D eigenvalue weighted by molar-refractivity contribution is 5.93. The van der Waals surface area contributed by atoms with Gasteiger partial charge in [0.15, 0.2) is 6.10 Å². The fraction of sp³-hybridized carbons (Fsp3) is 0.581. The number of aliphatic hydroxyl groups is 1. The highest BCUT2D eigenvalue weighted by Crippen LogP contribution is 2.28. The maximum Gasteiger partial charge on any atom is 0.333 e. The van der Waals surface area contributed by atoms with Crippen molar-refractivity contribution < 1.29 is 52.9 Å². The number of esters is 1. The number of carbonyl (C=O) groups excluding carboxylic acids is 4. The quantitative estimate of drug-likeness (QED) is 0.112. The summed E-state index contributed by atoms with van der Waals surface area (Å²) in [5, 5.41) is 19.5. The van der Waals surface area contributed by atoms with Crippen LogP contribution in [0.15, 0.2) is 30.4 Å². The lowest BCUT2D eigenvalue weighted by Crippen LogP contribution is -2.43. The average molecular weight is 621 g/mol. The number of carbonyl (C=O) groups is 5. The number of likely N-dealkylation sites (N-methyl/N-ethyl adjacent to an activating group) is 1. The minimum atomic E-state index is -1.21. The molecule has 13 heteroatoms. The van der Waals surface area contributed by atoms with Crippen LogP contribution in [-0.4, -0.2) is 127 Å². The topological polar surface area (TPSA) is 160 Å². The number of carboxylic acids is 1. The van der Waals surface area contributed by atoms with Gasteiger partial charge in [-0.15, -0.1) is 0 Å². The number of aldehydes is 1. The summed E-state index contributed by atoms with van der Waals surface area (Å²) in [5.74, 6) is -1.98. The van der Waals surface area contributed by atoms with E-state index in [1.807, 2.05) is 6.07 Å². The van der Waals surface area contributed by atoms with E-state index in [9.17, 15) is 34.2 Å². The van der Waals surface area contributed by atoms with Crippen molar-refractivity contribution in [2.24, 2.45) is 0 Å². The van der Waals surface area contributed by atoms with E-state index in [2.05, 4.69) is 21.1 Å². The molecule has 0 aliphatic carbocycles. The monoisotopic (exact) mass is 620 g/mol. The number of quaternary nitrogens is 1. The number of benzene rings is 1. The number of nitrogens with zero attached hydrogens (tertiary/aromatic N) is 3. The summed E-state index contributed by atoms with van der Waals surface area (Å²) in [5.41, 5.74) is 1.41. The lowest BCUT2D eigenvalue weighted by Gasteiger charge is -2.31. The van der Waals surface area contributed by atoms with Crippen LogP contribution >= 0.6 is 0 Å². The molecule has 1 fully saturated rings. The van der Waals surface area contributed by atoms with E-state index >= 15 is 0 Å². The Morgan fingerprint density at radius 1 is 1.11 bits per heavy atom. The third-order valence-corrected chi connectivity index (χ3v) is 6.93. The summed E-state index contributed by atoms with van der Waals surface area (Å²) < 4.78 is 17.4. The van der Waals surface area contributed by atoms with Crippen molar-refractivity contribution in [1.82, 2.24) is 9.80 Å². The van der Waals surface area contributed by atoms with Crippen LogP contribution in [0.5, 0.6) is 5.75 Å². The van der Waals surface area contributed by atoms with Gasteiger partial charge in [0.25, 0.3) is 0 Å². The highest BCUT2D eigenvalue weighted by Gasteiger charge is 2.34. The second-order valence-corrected chi connectivity index (χ2v) is 11.9. The van der Waals surface area contributed by atoms with E-state index in [0.29, 0.717) is 43.5 Å². The zero-order valence-corrected chi connectivity index (χ0v) is 26.3. The van der Waals surface area contributed by atoms with Gasteiger partial charge in [-0.3, -0.25) is 19.2 Å². The van der Waals surface area contributed by atoms with Gasteiger partial charge in [-0.2, -0.15) is 0 Å². The average Bonchev–Trinajstić information content (AvgIpc) is 2.93. The fourth-order valence-electron chi connectivity index (χ4n) is 4.60. The lowest BCUT2D eigenvalue weighted by molar-refractivity contribution is -0.870. The molecule has 0 aromatic heterocycles. The molecule has 1 aromatic rings. The van der Waals surface area contributed by atoms with E-state index in [-0.39, 0.29) is 31.9 Å². The molecular weight excluding hydrogens is 574 g/mol. The molecular formula is C31H46N3O10+. The standard InChI is InChI=1S/C31H45N3O10/c1-22(36)42-21-24-12-11-23(17-26(24)43-30-19-25(37)18-27(44-30)31(40)41)9-6-13-33(14-8-15-34(3,4)5)29(39)20-32(2)28(38)10-7-16-35/h7,10-12,16-17,25,27,30,37H,6,8-9,13-15,18-21H2,1-5H3/p+1/b10-7-. The van der Waals surface area contributed by atoms with Crippen LogP contribution in [-0.2, 0) is 46.5 Å². The molecule has 1 saturated heterocycles. The molecule has 1 aromatic carbocycles. The summed E-state index contributed by atoms with van der Waals surface area (Å²) in [6.45, 7) is 2.90. The zero-order chi connectivity index (χ0) is 32.9. The molecule has 3 atom stereocenters. The van der Waals surface area contributed by atoms with Gasteiger partial charge in [0.1, 0.15) is 18.6 Å². The second-order valence-electron chi connectivity index (χ2n) is 11.9. The predicted octanol–water partition coefficient (Wildman–Crippen LogP) is 1.15. The molecule has 0 saturated carbocycles. The number of allylic oxidation sites excluding steroid dienone is 1. The summed E-state index contributed by atoms with van der Waals surface area (Å²) in [6.07, 6.45) is 1.54. The fourth-order valence-corrected chi connectivity index (χ4v) is 4.60. The largest absolute Gasteiger partial charge is 0.479 e. The number of hydrogen-bond donors (Lipinski definition) is 2. The Bertz CT molecular complexity index is 1180. The maximum absolute atomic E-state index is 13.2. The number of hydrogen-bond acceptors (Lipinski definition) is 9. The van der Waals surface area contributed by atoms with Crippen molar-refractivity contribution in [2.45, 2.75) is 64.1 Å². The first-order chi connectivity index (χ1) is 20.7. The first kappa shape index (κ1) is 36.4. The van der Waals surface area contributed by atoms with Crippen molar-refractivity contribution >= 4 is 30.0 Å². The van der Waals surface area contributed by atoms with Gasteiger partial charge in [-0.25, -0.2) is 4.79 Å². The Morgan fingerprint density at radius 3 is 2.45 bits per heavy atom. The second kappa shape index (κ2) is 17.5. The van der Waals surface area contributed by atoms with Gasteiger partial charge in [-0.1, -0.05) is 12.1 Å². The van der Waals surface area contributed by atoms with Crippen LogP contribution in [0.1, 0.15) is 43.7 Å². The highest BCUT2D eigenvalue weighted by atomic mass is 16.7. The van der Waals surface area contributed by atoms with Crippen molar-refractivity contribution in [1.29, 1.82) is 0 Å². The van der Waals surface area contributed by atoms with E-state index in [1.54, 1.807) is 17.0 Å². The van der Waals surface area contributed by atoms with Crippen molar-refractivity contribution in [3.63, 3.8) is 0 Å². The summed E-state index contributed by atoms with van der Waals surface area (Å²) in [7, 11) is 7.73. The first-order valence-corrected chi connectivity index (χ1v) is 14.6. The first-order valence-electron chi connectivity index (χ1n) is 14.6. The van der Waals surface area contributed by atoms with Crippen LogP contribution in [0.2, 0.25) is 0 Å². The number of aliphatic hydroxyl groups excluding tert-OH is 1. The maximum atomic E-state index is 13.2. The summed E-state index contributed by atoms with van der Waals surface area (Å²) in [4.78, 5) is 61.8. The van der Waals surface area contributed by atoms with Gasteiger partial charge in [0.2, 0.25) is 18.1 Å². The van der Waals surface area contributed by atoms with E-state index < -0.39 is 36.3 Å². The molecule has 44 heavy (non-hydrogen) atoms. The van der Waals surface area contributed by atoms with Gasteiger partial charge in [0.05, 0.1) is 40.3 Å². The molecule has 2 N–H and O–H groups in total. The molecule has 13 nitrogen and oxygen atoms in total. The zero-order valence-electron chi connectivity index (χ0n) is 26.3. The molecule has 1 aliphatic heterocycles. The van der Waals surface area contributed by atoms with Gasteiger partial charge >= 0.3 is 11.9 Å². The van der Waals surface area contributed by atoms with Crippen molar-refractivity contribution in [2.75, 3.05) is 54.4 Å². The van der Waals surface area contributed by atoms with Gasteiger partial charge in [-0.05, 0) is 30.5 Å². The Kier molecular flexibility index (Phi) is 14.4. The van der Waals surface area contributed by atoms with Gasteiger partial charge < -0.3 is 38.7 Å². The number of amides is 2. The normalized spacial score (nSPS) is 18.5. The van der Waals surface area contributed by atoms with Crippen molar-refractivity contribution in [3.05, 3.63) is 41.5 Å². The third kappa shape index (κ3) is 13.2. The minimum absolute atomic E-state index is 0.0427. The Labute approximate surface area is 258 Å². The van der Waals surface area contributed by atoms with Gasteiger partial charge in [0, 0.05) is 58.0 Å². The smallest absolute Gasteiger partial charge is 0.333 e. The van der Waals surface area contributed by atoms with E-state index in [0.717, 1.165) is 35.2 Å². The SMILES string of the molecule is CC(=O)OCc1ccc(CCCN(CCC[N+](C)(C)C)C(=O)CN(C)C(=O)/C=C\C=O)cc1OC1CC(O)CC(C(=O)O)O1. The molecule has 0 spiro atoms. The number of aryl methyl sites for hydroxylation is 1. The van der Waals surface area contributed by atoms with Crippen LogP contribution in [0, 0.1) is 0 Å². The van der Waals surface area contributed by atoms with Crippen LogP contribution < -0.4 is 4.74 Å². The number of carboxylic acid groups (broad SMARTS) is 1.